The van der Waals surface area contributed by atoms with Gasteiger partial charge in [0.15, 0.2) is 0 Å². The van der Waals surface area contributed by atoms with E-state index in [-0.39, 0.29) is 10.7 Å². The summed E-state index contributed by atoms with van der Waals surface area (Å²) in [7, 11) is 0. The van der Waals surface area contributed by atoms with Crippen molar-refractivity contribution in [2.24, 2.45) is 5.92 Å². The molecule has 25 heavy (non-hydrogen) atoms. The standard InChI is InChI=1S/C19H27NO4S/c1-13-7-17(14(2)24-13)18(21)20-11-19(12-20)8-16(10-25-19)23-9-15-3-5-22-6-4-15/h7,15-16H,3-6,8-12H2,1-2H3/t16-/m1/s1. The predicted molar refractivity (Wildman–Crippen MR) is 97.2 cm³/mol. The maximum atomic E-state index is 12.6. The van der Waals surface area contributed by atoms with Gasteiger partial charge in [0.1, 0.15) is 11.5 Å². The molecule has 4 rings (SSSR count). The average Bonchev–Trinajstić information content (AvgIpc) is 3.15. The number of hydrogen-bond acceptors (Lipinski definition) is 5. The van der Waals surface area contributed by atoms with Crippen LogP contribution in [-0.2, 0) is 9.47 Å². The second kappa shape index (κ2) is 6.97. The third-order valence-electron chi connectivity index (χ3n) is 5.60. The van der Waals surface area contributed by atoms with Crippen molar-refractivity contribution in [1.29, 1.82) is 0 Å². The van der Waals surface area contributed by atoms with Crippen molar-refractivity contribution >= 4 is 17.7 Å². The third kappa shape index (κ3) is 3.62. The van der Waals surface area contributed by atoms with Crippen LogP contribution in [0.5, 0.6) is 0 Å². The molecular formula is C19H27NO4S. The molecule has 0 saturated carbocycles. The van der Waals surface area contributed by atoms with E-state index >= 15 is 0 Å². The quantitative estimate of drug-likeness (QED) is 0.821. The number of aryl methyl sites for hydroxylation is 2. The van der Waals surface area contributed by atoms with Gasteiger partial charge < -0.3 is 18.8 Å². The predicted octanol–water partition coefficient (Wildman–Crippen LogP) is 3.04. The van der Waals surface area contributed by atoms with Crippen LogP contribution < -0.4 is 0 Å². The lowest BCUT2D eigenvalue weighted by Gasteiger charge is -2.47. The van der Waals surface area contributed by atoms with E-state index in [1.165, 1.54) is 0 Å². The first-order valence-corrected chi connectivity index (χ1v) is 10.2. The van der Waals surface area contributed by atoms with E-state index in [9.17, 15) is 4.79 Å². The highest BCUT2D eigenvalue weighted by Crippen LogP contribution is 2.46. The van der Waals surface area contributed by atoms with Gasteiger partial charge in [-0.3, -0.25) is 4.79 Å². The fourth-order valence-electron chi connectivity index (χ4n) is 4.12. The zero-order chi connectivity index (χ0) is 17.4. The molecule has 3 fully saturated rings. The zero-order valence-electron chi connectivity index (χ0n) is 15.1. The van der Waals surface area contributed by atoms with Crippen molar-refractivity contribution in [3.05, 3.63) is 23.2 Å². The molecule has 0 N–H and O–H groups in total. The van der Waals surface area contributed by atoms with Crippen LogP contribution in [0.25, 0.3) is 0 Å². The molecular weight excluding hydrogens is 338 g/mol. The molecule has 0 radical (unpaired) electrons. The van der Waals surface area contributed by atoms with Crippen LogP contribution in [-0.4, -0.2) is 60.3 Å². The summed E-state index contributed by atoms with van der Waals surface area (Å²) in [6.07, 6.45) is 3.64. The van der Waals surface area contributed by atoms with Gasteiger partial charge in [-0.1, -0.05) is 0 Å². The lowest BCUT2D eigenvalue weighted by Crippen LogP contribution is -2.60. The van der Waals surface area contributed by atoms with Crippen molar-refractivity contribution in [3.8, 4) is 0 Å². The van der Waals surface area contributed by atoms with Crippen LogP contribution in [0.2, 0.25) is 0 Å². The smallest absolute Gasteiger partial charge is 0.257 e. The van der Waals surface area contributed by atoms with Crippen molar-refractivity contribution in [3.63, 3.8) is 0 Å². The van der Waals surface area contributed by atoms with Gasteiger partial charge in [0.25, 0.3) is 5.91 Å². The summed E-state index contributed by atoms with van der Waals surface area (Å²) >= 11 is 1.98. The SMILES string of the molecule is Cc1cc(C(=O)N2CC3(C[C@@H](OCC4CCOCC4)CS3)C2)c(C)o1. The van der Waals surface area contributed by atoms with Crippen LogP contribution >= 0.6 is 11.8 Å². The van der Waals surface area contributed by atoms with E-state index in [0.717, 1.165) is 69.4 Å². The van der Waals surface area contributed by atoms with E-state index < -0.39 is 0 Å². The van der Waals surface area contributed by atoms with Crippen molar-refractivity contribution in [1.82, 2.24) is 4.90 Å². The molecule has 6 heteroatoms. The second-order valence-electron chi connectivity index (χ2n) is 7.70. The normalized spacial score (nSPS) is 26.2. The Labute approximate surface area is 153 Å². The number of nitrogens with zero attached hydrogens (tertiary/aromatic N) is 1. The van der Waals surface area contributed by atoms with Gasteiger partial charge in [-0.2, -0.15) is 0 Å². The van der Waals surface area contributed by atoms with Crippen LogP contribution in [0.3, 0.4) is 0 Å². The van der Waals surface area contributed by atoms with Crippen molar-refractivity contribution in [2.45, 2.75) is 44.0 Å². The van der Waals surface area contributed by atoms with Gasteiger partial charge in [0, 0.05) is 38.7 Å². The third-order valence-corrected chi connectivity index (χ3v) is 7.18. The van der Waals surface area contributed by atoms with Gasteiger partial charge in [0.05, 0.1) is 16.4 Å². The highest BCUT2D eigenvalue weighted by Gasteiger charge is 2.51. The summed E-state index contributed by atoms with van der Waals surface area (Å²) in [5, 5.41) is 0. The van der Waals surface area contributed by atoms with Gasteiger partial charge in [0.2, 0.25) is 0 Å². The zero-order valence-corrected chi connectivity index (χ0v) is 15.9. The van der Waals surface area contributed by atoms with Crippen LogP contribution in [0.1, 0.15) is 41.1 Å². The lowest BCUT2D eigenvalue weighted by atomic mass is 9.92. The monoisotopic (exact) mass is 365 g/mol. The maximum Gasteiger partial charge on any atom is 0.257 e. The van der Waals surface area contributed by atoms with E-state index in [2.05, 4.69) is 0 Å². The van der Waals surface area contributed by atoms with E-state index in [0.29, 0.717) is 17.6 Å². The molecule has 1 aromatic heterocycles. The Morgan fingerprint density at radius 1 is 1.36 bits per heavy atom. The van der Waals surface area contributed by atoms with Crippen LogP contribution in [0, 0.1) is 19.8 Å². The van der Waals surface area contributed by atoms with Gasteiger partial charge >= 0.3 is 0 Å². The summed E-state index contributed by atoms with van der Waals surface area (Å²) < 4.78 is 17.3. The van der Waals surface area contributed by atoms with E-state index in [1.807, 2.05) is 36.6 Å². The number of carbonyl (C=O) groups excluding carboxylic acids is 1. The summed E-state index contributed by atoms with van der Waals surface area (Å²) in [6.45, 7) is 8.02. The first-order valence-electron chi connectivity index (χ1n) is 9.24. The topological polar surface area (TPSA) is 51.9 Å². The number of carbonyl (C=O) groups is 1. The van der Waals surface area contributed by atoms with E-state index in [1.54, 1.807) is 0 Å². The number of ether oxygens (including phenoxy) is 2. The number of thioether (sulfide) groups is 1. The molecule has 4 heterocycles. The molecule has 0 bridgehead atoms. The fourth-order valence-corrected chi connectivity index (χ4v) is 5.67. The Morgan fingerprint density at radius 3 is 2.80 bits per heavy atom. The molecule has 1 amide bonds. The summed E-state index contributed by atoms with van der Waals surface area (Å²) in [6, 6.07) is 1.85. The molecule has 0 aromatic carbocycles. The lowest BCUT2D eigenvalue weighted by molar-refractivity contribution is -0.0118. The molecule has 5 nitrogen and oxygen atoms in total. The molecule has 1 atom stereocenters. The number of furan rings is 1. The summed E-state index contributed by atoms with van der Waals surface area (Å²) in [5.41, 5.74) is 0.711. The second-order valence-corrected chi connectivity index (χ2v) is 9.19. The minimum Gasteiger partial charge on any atom is -0.466 e. The molecule has 3 aliphatic rings. The minimum atomic E-state index is 0.104. The Hall–Kier alpha value is -0.980. The van der Waals surface area contributed by atoms with Crippen LogP contribution in [0.15, 0.2) is 10.5 Å². The first kappa shape index (κ1) is 17.4. The molecule has 1 spiro atoms. The molecule has 138 valence electrons. The molecule has 0 aliphatic carbocycles. The molecule has 3 aliphatic heterocycles. The molecule has 1 aromatic rings. The number of hydrogen-bond donors (Lipinski definition) is 0. The van der Waals surface area contributed by atoms with Gasteiger partial charge in [-0.05, 0) is 45.1 Å². The minimum absolute atomic E-state index is 0.104. The highest BCUT2D eigenvalue weighted by atomic mass is 32.2. The number of likely N-dealkylation sites (tertiary alicyclic amines) is 1. The number of amides is 1. The Morgan fingerprint density at radius 2 is 2.12 bits per heavy atom. The molecule has 0 unspecified atom stereocenters. The van der Waals surface area contributed by atoms with Crippen molar-refractivity contribution in [2.75, 3.05) is 38.7 Å². The fraction of sp³-hybridized carbons (Fsp3) is 0.737. The maximum absolute atomic E-state index is 12.6. The summed E-state index contributed by atoms with van der Waals surface area (Å²) in [4.78, 5) is 14.6. The first-order chi connectivity index (χ1) is 12.0. The Balaban J connectivity index is 1.25. The van der Waals surface area contributed by atoms with Gasteiger partial charge in [-0.15, -0.1) is 11.8 Å². The highest BCUT2D eigenvalue weighted by molar-refractivity contribution is 8.01. The van der Waals surface area contributed by atoms with Gasteiger partial charge in [-0.25, -0.2) is 0 Å². The van der Waals surface area contributed by atoms with Crippen LogP contribution in [0.4, 0.5) is 0 Å². The largest absolute Gasteiger partial charge is 0.466 e. The summed E-state index contributed by atoms with van der Waals surface area (Å²) in [5.74, 6) is 3.33. The Bertz CT molecular complexity index is 631. The Kier molecular flexibility index (Phi) is 4.86. The van der Waals surface area contributed by atoms with E-state index in [4.69, 9.17) is 13.9 Å². The molecule has 3 saturated heterocycles. The van der Waals surface area contributed by atoms with Crippen molar-refractivity contribution < 1.29 is 18.7 Å². The average molecular weight is 365 g/mol. The number of rotatable bonds is 4.